The summed E-state index contributed by atoms with van der Waals surface area (Å²) in [5.74, 6) is -0.832. The Kier molecular flexibility index (Phi) is 3.76. The Morgan fingerprint density at radius 2 is 1.89 bits per heavy atom. The topological polar surface area (TPSA) is 29.3 Å². The second kappa shape index (κ2) is 5.32. The first-order chi connectivity index (χ1) is 8.99. The Bertz CT molecular complexity index is 629. The first kappa shape index (κ1) is 13.4. The summed E-state index contributed by atoms with van der Waals surface area (Å²) >= 11 is 4.79. The molecule has 0 aromatic heterocycles. The fourth-order valence-electron chi connectivity index (χ4n) is 1.76. The highest BCUT2D eigenvalue weighted by molar-refractivity contribution is 7.80. The van der Waals surface area contributed by atoms with E-state index in [1.807, 2.05) is 0 Å². The average molecular weight is 278 g/mol. The Labute approximate surface area is 115 Å². The number of nitrogens with two attached hydrogens (primary N) is 1. The van der Waals surface area contributed by atoms with E-state index in [0.29, 0.717) is 16.9 Å². The van der Waals surface area contributed by atoms with E-state index in [0.717, 1.165) is 0 Å². The molecular weight excluding hydrogens is 266 g/mol. The number of rotatable bonds is 3. The van der Waals surface area contributed by atoms with Gasteiger partial charge in [-0.05, 0) is 36.4 Å². The average Bonchev–Trinajstić information content (AvgIpc) is 2.37. The smallest absolute Gasteiger partial charge is 0.147 e. The molecule has 5 heteroatoms. The number of hydrogen-bond acceptors (Lipinski definition) is 2. The third kappa shape index (κ3) is 2.88. The van der Waals surface area contributed by atoms with E-state index in [4.69, 9.17) is 18.0 Å². The lowest BCUT2D eigenvalue weighted by molar-refractivity contribution is 0.623. The van der Waals surface area contributed by atoms with Gasteiger partial charge in [0, 0.05) is 18.3 Å². The molecule has 0 aliphatic carbocycles. The van der Waals surface area contributed by atoms with Crippen LogP contribution in [0, 0.1) is 11.6 Å². The van der Waals surface area contributed by atoms with Crippen molar-refractivity contribution in [1.29, 1.82) is 0 Å². The molecule has 2 aromatic carbocycles. The standard InChI is InChI=1S/C14H12F2N2S/c1-18(11-4-2-3-10(15)8-11)13-6-5-9(14(17)19)7-12(13)16/h2-8H,1H3,(H2,17,19). The molecule has 0 bridgehead atoms. The molecule has 0 aliphatic rings. The summed E-state index contributed by atoms with van der Waals surface area (Å²) in [4.78, 5) is 1.70. The summed E-state index contributed by atoms with van der Waals surface area (Å²) in [6.45, 7) is 0. The molecule has 98 valence electrons. The van der Waals surface area contributed by atoms with Gasteiger partial charge in [0.25, 0.3) is 0 Å². The summed E-state index contributed by atoms with van der Waals surface area (Å²) < 4.78 is 27.2. The summed E-state index contributed by atoms with van der Waals surface area (Å²) in [5, 5.41) is 0. The summed E-state index contributed by atoms with van der Waals surface area (Å²) in [6, 6.07) is 10.4. The minimum atomic E-state index is -0.461. The molecule has 0 aliphatic heterocycles. The zero-order valence-electron chi connectivity index (χ0n) is 10.2. The molecule has 0 atom stereocenters. The molecule has 2 rings (SSSR count). The van der Waals surface area contributed by atoms with Crippen LogP contribution in [0.15, 0.2) is 42.5 Å². The summed E-state index contributed by atoms with van der Waals surface area (Å²) in [6.07, 6.45) is 0. The van der Waals surface area contributed by atoms with Crippen LogP contribution < -0.4 is 10.6 Å². The maximum Gasteiger partial charge on any atom is 0.147 e. The largest absolute Gasteiger partial charge is 0.389 e. The highest BCUT2D eigenvalue weighted by atomic mass is 32.1. The van der Waals surface area contributed by atoms with Crippen LogP contribution in [0.5, 0.6) is 0 Å². The fraction of sp³-hybridized carbons (Fsp3) is 0.0714. The van der Waals surface area contributed by atoms with Gasteiger partial charge in [-0.3, -0.25) is 0 Å². The molecule has 0 saturated carbocycles. The van der Waals surface area contributed by atoms with E-state index in [9.17, 15) is 8.78 Å². The lowest BCUT2D eigenvalue weighted by Crippen LogP contribution is -2.14. The lowest BCUT2D eigenvalue weighted by Gasteiger charge is -2.20. The molecule has 0 heterocycles. The predicted molar refractivity (Wildman–Crippen MR) is 76.8 cm³/mol. The van der Waals surface area contributed by atoms with Crippen LogP contribution in [-0.4, -0.2) is 12.0 Å². The molecule has 0 radical (unpaired) electrons. The van der Waals surface area contributed by atoms with Gasteiger partial charge in [-0.15, -0.1) is 0 Å². The molecule has 2 N–H and O–H groups in total. The van der Waals surface area contributed by atoms with Gasteiger partial charge in [-0.25, -0.2) is 8.78 Å². The van der Waals surface area contributed by atoms with Gasteiger partial charge in [0.1, 0.15) is 16.6 Å². The van der Waals surface area contributed by atoms with Crippen molar-refractivity contribution in [2.24, 2.45) is 5.73 Å². The normalized spacial score (nSPS) is 10.3. The maximum atomic E-state index is 14.0. The number of halogens is 2. The van der Waals surface area contributed by atoms with Gasteiger partial charge in [-0.1, -0.05) is 18.3 Å². The second-order valence-corrected chi connectivity index (χ2v) is 4.51. The van der Waals surface area contributed by atoms with Gasteiger partial charge >= 0.3 is 0 Å². The van der Waals surface area contributed by atoms with E-state index in [2.05, 4.69) is 0 Å². The van der Waals surface area contributed by atoms with Gasteiger partial charge in [0.2, 0.25) is 0 Å². The quantitative estimate of drug-likeness (QED) is 0.873. The number of hydrogen-bond donors (Lipinski definition) is 1. The van der Waals surface area contributed by atoms with E-state index >= 15 is 0 Å². The zero-order chi connectivity index (χ0) is 14.0. The van der Waals surface area contributed by atoms with Gasteiger partial charge in [-0.2, -0.15) is 0 Å². The Balaban J connectivity index is 2.39. The monoisotopic (exact) mass is 278 g/mol. The predicted octanol–water partition coefficient (Wildman–Crippen LogP) is 3.37. The second-order valence-electron chi connectivity index (χ2n) is 4.07. The van der Waals surface area contributed by atoms with Crippen molar-refractivity contribution < 1.29 is 8.78 Å². The Morgan fingerprint density at radius 1 is 1.16 bits per heavy atom. The molecule has 2 aromatic rings. The zero-order valence-corrected chi connectivity index (χ0v) is 11.0. The van der Waals surface area contributed by atoms with Gasteiger partial charge in [0.15, 0.2) is 0 Å². The first-order valence-corrected chi connectivity index (χ1v) is 5.98. The van der Waals surface area contributed by atoms with E-state index in [-0.39, 0.29) is 10.8 Å². The van der Waals surface area contributed by atoms with E-state index < -0.39 is 5.82 Å². The number of nitrogens with zero attached hydrogens (tertiary/aromatic N) is 1. The van der Waals surface area contributed by atoms with Crippen LogP contribution in [0.4, 0.5) is 20.2 Å². The summed E-state index contributed by atoms with van der Waals surface area (Å²) in [5.41, 5.74) is 6.79. The lowest BCUT2D eigenvalue weighted by atomic mass is 10.1. The Morgan fingerprint density at radius 3 is 2.47 bits per heavy atom. The van der Waals surface area contributed by atoms with Crippen molar-refractivity contribution in [3.63, 3.8) is 0 Å². The van der Waals surface area contributed by atoms with Crippen molar-refractivity contribution in [1.82, 2.24) is 0 Å². The highest BCUT2D eigenvalue weighted by Gasteiger charge is 2.11. The molecular formula is C14H12F2N2S. The minimum Gasteiger partial charge on any atom is -0.389 e. The van der Waals surface area contributed by atoms with Crippen LogP contribution in [0.25, 0.3) is 0 Å². The number of anilines is 2. The number of benzene rings is 2. The third-order valence-corrected chi connectivity index (χ3v) is 3.02. The van der Waals surface area contributed by atoms with Gasteiger partial charge < -0.3 is 10.6 Å². The maximum absolute atomic E-state index is 14.0. The van der Waals surface area contributed by atoms with Crippen LogP contribution in [0.3, 0.4) is 0 Å². The third-order valence-electron chi connectivity index (χ3n) is 2.79. The van der Waals surface area contributed by atoms with Crippen LogP contribution in [-0.2, 0) is 0 Å². The van der Waals surface area contributed by atoms with Crippen molar-refractivity contribution in [3.8, 4) is 0 Å². The minimum absolute atomic E-state index is 0.138. The van der Waals surface area contributed by atoms with Crippen LogP contribution >= 0.6 is 12.2 Å². The molecule has 0 fully saturated rings. The van der Waals surface area contributed by atoms with Crippen molar-refractivity contribution in [3.05, 3.63) is 59.7 Å². The SMILES string of the molecule is CN(c1cccc(F)c1)c1ccc(C(N)=S)cc1F. The van der Waals surface area contributed by atoms with Crippen molar-refractivity contribution in [2.75, 3.05) is 11.9 Å². The molecule has 19 heavy (non-hydrogen) atoms. The molecule has 0 amide bonds. The molecule has 0 saturated heterocycles. The molecule has 0 spiro atoms. The Hall–Kier alpha value is -2.01. The van der Waals surface area contributed by atoms with E-state index in [1.54, 1.807) is 36.2 Å². The number of thiocarbonyl (C=S) groups is 1. The summed E-state index contributed by atoms with van der Waals surface area (Å²) in [7, 11) is 1.66. The first-order valence-electron chi connectivity index (χ1n) is 5.57. The molecule has 0 unspecified atom stereocenters. The molecule has 2 nitrogen and oxygen atoms in total. The van der Waals surface area contributed by atoms with E-state index in [1.165, 1.54) is 18.2 Å². The highest BCUT2D eigenvalue weighted by Crippen LogP contribution is 2.27. The van der Waals surface area contributed by atoms with Crippen molar-refractivity contribution in [2.45, 2.75) is 0 Å². The van der Waals surface area contributed by atoms with Crippen LogP contribution in [0.2, 0.25) is 0 Å². The van der Waals surface area contributed by atoms with Crippen molar-refractivity contribution >= 4 is 28.6 Å². The fourth-order valence-corrected chi connectivity index (χ4v) is 1.88. The van der Waals surface area contributed by atoms with Gasteiger partial charge in [0.05, 0.1) is 5.69 Å². The van der Waals surface area contributed by atoms with Crippen LogP contribution in [0.1, 0.15) is 5.56 Å².